The molecule has 4 aromatic rings. The smallest absolute Gasteiger partial charge is 0.254 e. The zero-order valence-corrected chi connectivity index (χ0v) is 13.4. The van der Waals surface area contributed by atoms with Crippen LogP contribution in [-0.4, -0.2) is 20.3 Å². The molecule has 0 saturated carbocycles. The highest BCUT2D eigenvalue weighted by Gasteiger charge is 2.22. The summed E-state index contributed by atoms with van der Waals surface area (Å²) < 4.78 is 11.1. The Morgan fingerprint density at radius 1 is 0.917 bits per heavy atom. The van der Waals surface area contributed by atoms with Gasteiger partial charge >= 0.3 is 0 Å². The van der Waals surface area contributed by atoms with Gasteiger partial charge in [0, 0.05) is 11.8 Å². The number of aromatic nitrogens is 4. The minimum absolute atomic E-state index is 0.345. The fourth-order valence-corrected chi connectivity index (χ4v) is 2.47. The van der Waals surface area contributed by atoms with Crippen molar-refractivity contribution in [2.24, 2.45) is 0 Å². The van der Waals surface area contributed by atoms with Gasteiger partial charge in [-0.1, -0.05) is 47.1 Å². The van der Waals surface area contributed by atoms with Crippen molar-refractivity contribution in [3.8, 4) is 34.2 Å². The van der Waals surface area contributed by atoms with Crippen LogP contribution in [0, 0.1) is 6.92 Å². The molecule has 0 amide bonds. The Balaban J connectivity index is 1.78. The van der Waals surface area contributed by atoms with E-state index < -0.39 is 0 Å². The summed E-state index contributed by atoms with van der Waals surface area (Å²) >= 11 is 5.80. The molecule has 0 bridgehead atoms. The van der Waals surface area contributed by atoms with Crippen molar-refractivity contribution in [3.05, 3.63) is 59.6 Å². The molecule has 0 radical (unpaired) electrons. The van der Waals surface area contributed by atoms with Crippen LogP contribution in [0.1, 0.15) is 5.76 Å². The van der Waals surface area contributed by atoms with E-state index >= 15 is 0 Å². The molecule has 3 aromatic heterocycles. The first kappa shape index (κ1) is 14.6. The summed E-state index contributed by atoms with van der Waals surface area (Å²) in [6.07, 6.45) is 1.58. The van der Waals surface area contributed by atoms with Gasteiger partial charge in [-0.15, -0.1) is 10.2 Å². The van der Waals surface area contributed by atoms with Crippen LogP contribution in [0.2, 0.25) is 5.15 Å². The maximum absolute atomic E-state index is 5.80. The normalized spacial score (nSPS) is 10.9. The molecule has 0 atom stereocenters. The zero-order valence-electron chi connectivity index (χ0n) is 12.6. The minimum Gasteiger partial charge on any atom is -0.416 e. The molecule has 6 nitrogen and oxygen atoms in total. The Bertz CT molecular complexity index is 978. The van der Waals surface area contributed by atoms with Crippen molar-refractivity contribution < 1.29 is 8.94 Å². The van der Waals surface area contributed by atoms with Gasteiger partial charge in [0.15, 0.2) is 0 Å². The summed E-state index contributed by atoms with van der Waals surface area (Å²) in [5, 5.41) is 12.7. The largest absolute Gasteiger partial charge is 0.416 e. The lowest BCUT2D eigenvalue weighted by Gasteiger charge is -1.98. The number of nitrogens with zero attached hydrogens (tertiary/aromatic N) is 4. The van der Waals surface area contributed by atoms with Crippen LogP contribution in [0.5, 0.6) is 0 Å². The van der Waals surface area contributed by atoms with Gasteiger partial charge in [0.05, 0.1) is 5.56 Å². The van der Waals surface area contributed by atoms with Gasteiger partial charge in [-0.3, -0.25) is 0 Å². The highest BCUT2D eigenvalue weighted by Crippen LogP contribution is 2.34. The fourth-order valence-electron chi connectivity index (χ4n) is 2.36. The first-order valence-corrected chi connectivity index (χ1v) is 7.57. The van der Waals surface area contributed by atoms with E-state index in [1.807, 2.05) is 37.3 Å². The maximum Gasteiger partial charge on any atom is 0.254 e. The van der Waals surface area contributed by atoms with Crippen LogP contribution in [0.25, 0.3) is 34.2 Å². The Morgan fingerprint density at radius 2 is 1.71 bits per heavy atom. The van der Waals surface area contributed by atoms with Crippen molar-refractivity contribution >= 4 is 11.6 Å². The molecule has 4 rings (SSSR count). The van der Waals surface area contributed by atoms with E-state index in [1.165, 1.54) is 0 Å². The fraction of sp³-hybridized carbons (Fsp3) is 0.0588. The lowest BCUT2D eigenvalue weighted by Crippen LogP contribution is -1.84. The second kappa shape index (κ2) is 5.90. The number of hydrogen-bond acceptors (Lipinski definition) is 6. The van der Waals surface area contributed by atoms with Gasteiger partial charge in [-0.05, 0) is 19.1 Å². The van der Waals surface area contributed by atoms with Gasteiger partial charge in [0.25, 0.3) is 5.89 Å². The van der Waals surface area contributed by atoms with Crippen molar-refractivity contribution in [2.75, 3.05) is 0 Å². The van der Waals surface area contributed by atoms with E-state index in [0.717, 1.165) is 5.56 Å². The molecule has 0 spiro atoms. The van der Waals surface area contributed by atoms with Crippen LogP contribution < -0.4 is 0 Å². The lowest BCUT2D eigenvalue weighted by atomic mass is 10.1. The summed E-state index contributed by atoms with van der Waals surface area (Å²) in [5.41, 5.74) is 2.95. The van der Waals surface area contributed by atoms with Gasteiger partial charge in [-0.25, -0.2) is 4.98 Å². The molecule has 24 heavy (non-hydrogen) atoms. The zero-order chi connectivity index (χ0) is 16.5. The lowest BCUT2D eigenvalue weighted by molar-refractivity contribution is 0.399. The second-order valence-corrected chi connectivity index (χ2v) is 5.50. The minimum atomic E-state index is 0.345. The SMILES string of the molecule is Cc1onc(-c2ccccc2)c1-c1nnc(-c2ccc(Cl)nc2)o1. The molecule has 0 unspecified atom stereocenters. The summed E-state index contributed by atoms with van der Waals surface area (Å²) in [6, 6.07) is 13.1. The van der Waals surface area contributed by atoms with Gasteiger partial charge in [-0.2, -0.15) is 0 Å². The average molecular weight is 339 g/mol. The number of rotatable bonds is 3. The number of pyridine rings is 1. The van der Waals surface area contributed by atoms with E-state index in [-0.39, 0.29) is 0 Å². The Kier molecular flexibility index (Phi) is 3.59. The molecule has 0 fully saturated rings. The third-order valence-corrected chi connectivity index (χ3v) is 3.75. The van der Waals surface area contributed by atoms with Crippen molar-refractivity contribution in [1.29, 1.82) is 0 Å². The molecule has 0 aliphatic heterocycles. The quantitative estimate of drug-likeness (QED) is 0.515. The number of halogens is 1. The van der Waals surface area contributed by atoms with Crippen molar-refractivity contribution in [1.82, 2.24) is 20.3 Å². The highest BCUT2D eigenvalue weighted by atomic mass is 35.5. The first-order chi connectivity index (χ1) is 11.7. The van der Waals surface area contributed by atoms with Crippen LogP contribution in [0.3, 0.4) is 0 Å². The number of aryl methyl sites for hydroxylation is 1. The molecule has 0 aliphatic rings. The second-order valence-electron chi connectivity index (χ2n) is 5.11. The van der Waals surface area contributed by atoms with Crippen LogP contribution >= 0.6 is 11.6 Å². The average Bonchev–Trinajstić information content (AvgIpc) is 3.23. The van der Waals surface area contributed by atoms with Crippen LogP contribution in [0.4, 0.5) is 0 Å². The van der Waals surface area contributed by atoms with E-state index in [4.69, 9.17) is 20.5 Å². The monoisotopic (exact) mass is 338 g/mol. The van der Waals surface area contributed by atoms with E-state index in [9.17, 15) is 0 Å². The predicted octanol–water partition coefficient (Wildman–Crippen LogP) is 4.42. The van der Waals surface area contributed by atoms with E-state index in [2.05, 4.69) is 20.3 Å². The van der Waals surface area contributed by atoms with Crippen LogP contribution in [-0.2, 0) is 0 Å². The summed E-state index contributed by atoms with van der Waals surface area (Å²) in [7, 11) is 0. The molecular weight excluding hydrogens is 328 g/mol. The molecular formula is C17H11ClN4O2. The molecule has 3 heterocycles. The Hall–Kier alpha value is -2.99. The van der Waals surface area contributed by atoms with Crippen molar-refractivity contribution in [3.63, 3.8) is 0 Å². The third kappa shape index (κ3) is 2.57. The number of benzene rings is 1. The summed E-state index contributed by atoms with van der Waals surface area (Å²) in [6.45, 7) is 1.81. The van der Waals surface area contributed by atoms with Crippen molar-refractivity contribution in [2.45, 2.75) is 6.92 Å². The Labute approximate surface area is 142 Å². The highest BCUT2D eigenvalue weighted by molar-refractivity contribution is 6.29. The number of hydrogen-bond donors (Lipinski definition) is 0. The standard InChI is InChI=1S/C17H11ClN4O2/c1-10-14(15(22-24-10)11-5-3-2-4-6-11)17-21-20-16(23-17)12-7-8-13(18)19-9-12/h2-9H,1H3. The van der Waals surface area contributed by atoms with Crippen LogP contribution in [0.15, 0.2) is 57.6 Å². The maximum atomic E-state index is 5.80. The van der Waals surface area contributed by atoms with E-state index in [1.54, 1.807) is 18.3 Å². The van der Waals surface area contributed by atoms with E-state index in [0.29, 0.717) is 39.5 Å². The molecule has 7 heteroatoms. The Morgan fingerprint density at radius 3 is 2.46 bits per heavy atom. The topological polar surface area (TPSA) is 77.8 Å². The molecule has 0 N–H and O–H groups in total. The first-order valence-electron chi connectivity index (χ1n) is 7.20. The van der Waals surface area contributed by atoms with Gasteiger partial charge in [0.2, 0.25) is 5.89 Å². The van der Waals surface area contributed by atoms with Gasteiger partial charge in [0.1, 0.15) is 22.2 Å². The molecule has 118 valence electrons. The third-order valence-electron chi connectivity index (χ3n) is 3.52. The molecule has 0 saturated heterocycles. The molecule has 1 aromatic carbocycles. The molecule has 0 aliphatic carbocycles. The van der Waals surface area contributed by atoms with Gasteiger partial charge < -0.3 is 8.94 Å². The predicted molar refractivity (Wildman–Crippen MR) is 88.2 cm³/mol. The summed E-state index contributed by atoms with van der Waals surface area (Å²) in [5.74, 6) is 1.31. The summed E-state index contributed by atoms with van der Waals surface area (Å²) in [4.78, 5) is 4.02.